The molecule has 0 saturated carbocycles. The Hall–Kier alpha value is -2.16. The van der Waals surface area contributed by atoms with Gasteiger partial charge in [-0.2, -0.15) is 5.26 Å². The highest BCUT2D eigenvalue weighted by atomic mass is 32.1. The molecule has 0 fully saturated rings. The number of aryl methyl sites for hydroxylation is 1. The molecule has 1 heterocycles. The Labute approximate surface area is 140 Å². The van der Waals surface area contributed by atoms with E-state index >= 15 is 0 Å². The summed E-state index contributed by atoms with van der Waals surface area (Å²) in [6, 6.07) is 12.7. The van der Waals surface area contributed by atoms with Crippen LogP contribution < -0.4 is 10.2 Å². The molecule has 1 aromatic heterocycles. The molecule has 5 heteroatoms. The lowest BCUT2D eigenvalue weighted by atomic mass is 9.87. The zero-order valence-electron chi connectivity index (χ0n) is 13.1. The number of benzene rings is 1. The lowest BCUT2D eigenvalue weighted by molar-refractivity contribution is -0.905. The third-order valence-electron chi connectivity index (χ3n) is 4.44. The molecule has 0 radical (unpaired) electrons. The molecule has 2 atom stereocenters. The monoisotopic (exact) mass is 326 g/mol. The molecule has 0 saturated heterocycles. The molecular formula is C18H20N3OS+. The van der Waals surface area contributed by atoms with E-state index in [9.17, 15) is 4.79 Å². The first kappa shape index (κ1) is 15.7. The molecule has 1 aliphatic rings. The van der Waals surface area contributed by atoms with E-state index in [4.69, 9.17) is 5.26 Å². The number of carbonyl (C=O) groups excluding carboxylic acids is 1. The molecule has 1 aliphatic carbocycles. The van der Waals surface area contributed by atoms with E-state index < -0.39 is 0 Å². The quantitative estimate of drug-likeness (QED) is 0.904. The lowest BCUT2D eigenvalue weighted by Gasteiger charge is -2.30. The second-order valence-corrected chi connectivity index (χ2v) is 6.91. The number of hydrogen-bond acceptors (Lipinski definition) is 3. The SMILES string of the molecule is C[NH+](CC(=O)Nc1sccc1C#N)[C@H]1CCCc2ccccc21. The van der Waals surface area contributed by atoms with Gasteiger partial charge in [0.25, 0.3) is 5.91 Å². The van der Waals surface area contributed by atoms with Crippen LogP contribution in [0.3, 0.4) is 0 Å². The van der Waals surface area contributed by atoms with Gasteiger partial charge >= 0.3 is 0 Å². The number of nitrogens with one attached hydrogen (secondary N) is 2. The molecule has 0 bridgehead atoms. The van der Waals surface area contributed by atoms with E-state index in [0.29, 0.717) is 23.2 Å². The molecule has 2 N–H and O–H groups in total. The minimum absolute atomic E-state index is 0.0375. The van der Waals surface area contributed by atoms with Crippen molar-refractivity contribution in [2.75, 3.05) is 18.9 Å². The number of quaternary nitrogens is 1. The summed E-state index contributed by atoms with van der Waals surface area (Å²) < 4.78 is 0. The van der Waals surface area contributed by atoms with Crippen molar-refractivity contribution >= 4 is 22.2 Å². The van der Waals surface area contributed by atoms with Crippen molar-refractivity contribution in [2.45, 2.75) is 25.3 Å². The molecule has 4 nitrogen and oxygen atoms in total. The number of hydrogen-bond donors (Lipinski definition) is 2. The number of carbonyl (C=O) groups is 1. The molecule has 23 heavy (non-hydrogen) atoms. The number of nitrogens with zero attached hydrogens (tertiary/aromatic N) is 1. The van der Waals surface area contributed by atoms with Crippen LogP contribution in [0.25, 0.3) is 0 Å². The first-order valence-corrected chi connectivity index (χ1v) is 8.74. The van der Waals surface area contributed by atoms with Gasteiger partial charge in [-0.1, -0.05) is 24.3 Å². The van der Waals surface area contributed by atoms with Crippen LogP contribution in [0, 0.1) is 11.3 Å². The third-order valence-corrected chi connectivity index (χ3v) is 5.27. The fourth-order valence-electron chi connectivity index (χ4n) is 3.31. The number of amides is 1. The van der Waals surface area contributed by atoms with Crippen molar-refractivity contribution in [3.8, 4) is 6.07 Å². The van der Waals surface area contributed by atoms with Crippen molar-refractivity contribution in [1.82, 2.24) is 0 Å². The summed E-state index contributed by atoms with van der Waals surface area (Å²) >= 11 is 1.39. The third kappa shape index (κ3) is 3.44. The summed E-state index contributed by atoms with van der Waals surface area (Å²) in [4.78, 5) is 13.5. The summed E-state index contributed by atoms with van der Waals surface area (Å²) in [5.41, 5.74) is 3.32. The van der Waals surface area contributed by atoms with Crippen LogP contribution in [0.2, 0.25) is 0 Å². The van der Waals surface area contributed by atoms with Gasteiger partial charge in [-0.25, -0.2) is 0 Å². The molecule has 2 aromatic rings. The summed E-state index contributed by atoms with van der Waals surface area (Å²) in [5, 5.41) is 14.4. The number of anilines is 1. The molecule has 3 rings (SSSR count). The van der Waals surface area contributed by atoms with Gasteiger partial charge in [0, 0.05) is 12.0 Å². The Bertz CT molecular complexity index is 747. The predicted octanol–water partition coefficient (Wildman–Crippen LogP) is 2.15. The minimum Gasteiger partial charge on any atom is -0.323 e. The highest BCUT2D eigenvalue weighted by molar-refractivity contribution is 7.14. The molecule has 1 unspecified atom stereocenters. The molecule has 0 aliphatic heterocycles. The average molecular weight is 326 g/mol. The van der Waals surface area contributed by atoms with Crippen molar-refractivity contribution < 1.29 is 9.69 Å². The lowest BCUT2D eigenvalue weighted by Crippen LogP contribution is -3.10. The van der Waals surface area contributed by atoms with Gasteiger partial charge in [0.1, 0.15) is 17.1 Å². The van der Waals surface area contributed by atoms with Gasteiger partial charge in [0.15, 0.2) is 6.54 Å². The van der Waals surface area contributed by atoms with E-state index in [1.54, 1.807) is 6.07 Å². The normalized spacial score (nSPS) is 17.8. The van der Waals surface area contributed by atoms with Gasteiger partial charge in [0.2, 0.25) is 0 Å². The van der Waals surface area contributed by atoms with Crippen LogP contribution in [-0.4, -0.2) is 19.5 Å². The Balaban J connectivity index is 1.67. The number of fused-ring (bicyclic) bond motifs is 1. The predicted molar refractivity (Wildman–Crippen MR) is 91.5 cm³/mol. The van der Waals surface area contributed by atoms with Crippen molar-refractivity contribution in [3.63, 3.8) is 0 Å². The first-order chi connectivity index (χ1) is 11.2. The highest BCUT2D eigenvalue weighted by Gasteiger charge is 2.28. The number of likely N-dealkylation sites (N-methyl/N-ethyl adjacent to an activating group) is 1. The zero-order valence-corrected chi connectivity index (χ0v) is 14.0. The molecular weight excluding hydrogens is 306 g/mol. The molecule has 0 spiro atoms. The van der Waals surface area contributed by atoms with E-state index in [0.717, 1.165) is 12.8 Å². The van der Waals surface area contributed by atoms with Crippen LogP contribution in [0.4, 0.5) is 5.00 Å². The van der Waals surface area contributed by atoms with Gasteiger partial charge in [-0.3, -0.25) is 4.79 Å². The van der Waals surface area contributed by atoms with Crippen molar-refractivity contribution in [2.24, 2.45) is 0 Å². The van der Waals surface area contributed by atoms with Gasteiger partial charge < -0.3 is 10.2 Å². The van der Waals surface area contributed by atoms with E-state index in [-0.39, 0.29) is 5.91 Å². The van der Waals surface area contributed by atoms with Crippen LogP contribution in [-0.2, 0) is 11.2 Å². The minimum atomic E-state index is -0.0375. The number of nitriles is 1. The Kier molecular flexibility index (Phi) is 4.75. The van der Waals surface area contributed by atoms with Gasteiger partial charge in [0.05, 0.1) is 12.6 Å². The molecule has 1 aromatic carbocycles. The maximum atomic E-state index is 12.3. The summed E-state index contributed by atoms with van der Waals surface area (Å²) in [7, 11) is 2.08. The van der Waals surface area contributed by atoms with Gasteiger partial charge in [-0.05, 0) is 29.9 Å². The Morgan fingerprint density at radius 2 is 2.26 bits per heavy atom. The zero-order chi connectivity index (χ0) is 16.2. The summed E-state index contributed by atoms with van der Waals surface area (Å²) in [5.74, 6) is -0.0375. The second kappa shape index (κ2) is 6.95. The largest absolute Gasteiger partial charge is 0.323 e. The van der Waals surface area contributed by atoms with Crippen LogP contribution in [0.15, 0.2) is 35.7 Å². The average Bonchev–Trinajstić information content (AvgIpc) is 3.01. The summed E-state index contributed by atoms with van der Waals surface area (Å²) in [6.45, 7) is 0.405. The molecule has 1 amide bonds. The van der Waals surface area contributed by atoms with Crippen LogP contribution >= 0.6 is 11.3 Å². The standard InChI is InChI=1S/C18H19N3OS/c1-21(12-17(22)20-18-14(11-19)9-10-23-18)16-8-4-6-13-5-2-3-7-15(13)16/h2-3,5,7,9-10,16H,4,6,8,12H2,1H3,(H,20,22)/p+1/t16-/m0/s1. The summed E-state index contributed by atoms with van der Waals surface area (Å²) in [6.07, 6.45) is 3.41. The van der Waals surface area contributed by atoms with Gasteiger partial charge in [-0.15, -0.1) is 11.3 Å². The second-order valence-electron chi connectivity index (χ2n) is 5.99. The van der Waals surface area contributed by atoms with E-state index in [1.165, 1.54) is 33.8 Å². The van der Waals surface area contributed by atoms with E-state index in [1.807, 2.05) is 5.38 Å². The van der Waals surface area contributed by atoms with Crippen LogP contribution in [0.1, 0.15) is 35.6 Å². The smallest absolute Gasteiger partial charge is 0.280 e. The fourth-order valence-corrected chi connectivity index (χ4v) is 4.06. The van der Waals surface area contributed by atoms with Crippen LogP contribution in [0.5, 0.6) is 0 Å². The maximum Gasteiger partial charge on any atom is 0.280 e. The first-order valence-electron chi connectivity index (χ1n) is 7.86. The highest BCUT2D eigenvalue weighted by Crippen LogP contribution is 2.27. The molecule has 118 valence electrons. The Morgan fingerprint density at radius 1 is 1.43 bits per heavy atom. The fraction of sp³-hybridized carbons (Fsp3) is 0.333. The number of thiophene rings is 1. The maximum absolute atomic E-state index is 12.3. The van der Waals surface area contributed by atoms with E-state index in [2.05, 4.69) is 42.7 Å². The van der Waals surface area contributed by atoms with Crippen molar-refractivity contribution in [3.05, 3.63) is 52.4 Å². The Morgan fingerprint density at radius 3 is 3.09 bits per heavy atom. The van der Waals surface area contributed by atoms with Crippen molar-refractivity contribution in [1.29, 1.82) is 5.26 Å². The number of rotatable bonds is 4. The topological polar surface area (TPSA) is 57.3 Å².